The molecular formula is C18H24N2. The first-order valence-electron chi connectivity index (χ1n) is 7.97. The summed E-state index contributed by atoms with van der Waals surface area (Å²) in [6.45, 7) is 3.36. The molecule has 0 saturated heterocycles. The molecule has 1 heterocycles. The molecule has 2 nitrogen and oxygen atoms in total. The summed E-state index contributed by atoms with van der Waals surface area (Å²) >= 11 is 0. The fraction of sp³-hybridized carbons (Fsp3) is 0.500. The molecule has 2 atom stereocenters. The van der Waals surface area contributed by atoms with E-state index in [4.69, 9.17) is 0 Å². The van der Waals surface area contributed by atoms with Crippen LogP contribution < -0.4 is 5.32 Å². The van der Waals surface area contributed by atoms with Gasteiger partial charge in [0.15, 0.2) is 0 Å². The van der Waals surface area contributed by atoms with Gasteiger partial charge in [0.25, 0.3) is 0 Å². The predicted molar refractivity (Wildman–Crippen MR) is 85.0 cm³/mol. The highest BCUT2D eigenvalue weighted by molar-refractivity contribution is 5.82. The zero-order valence-corrected chi connectivity index (χ0v) is 12.3. The quantitative estimate of drug-likeness (QED) is 0.896. The highest BCUT2D eigenvalue weighted by Gasteiger charge is 2.27. The molecule has 1 saturated carbocycles. The Bertz CT molecular complexity index is 559. The van der Waals surface area contributed by atoms with Crippen molar-refractivity contribution >= 4 is 10.9 Å². The first-order chi connectivity index (χ1) is 9.90. The summed E-state index contributed by atoms with van der Waals surface area (Å²) in [7, 11) is 0. The van der Waals surface area contributed by atoms with Crippen LogP contribution in [-0.4, -0.2) is 17.6 Å². The van der Waals surface area contributed by atoms with Crippen molar-refractivity contribution in [3.63, 3.8) is 0 Å². The van der Waals surface area contributed by atoms with Crippen molar-refractivity contribution in [1.29, 1.82) is 0 Å². The van der Waals surface area contributed by atoms with Crippen molar-refractivity contribution in [3.05, 3.63) is 42.1 Å². The molecule has 1 aromatic heterocycles. The lowest BCUT2D eigenvalue weighted by Crippen LogP contribution is -2.37. The van der Waals surface area contributed by atoms with Gasteiger partial charge in [0.2, 0.25) is 0 Å². The van der Waals surface area contributed by atoms with Crippen LogP contribution in [0.25, 0.3) is 10.9 Å². The van der Waals surface area contributed by atoms with Crippen molar-refractivity contribution in [1.82, 2.24) is 10.3 Å². The van der Waals surface area contributed by atoms with Gasteiger partial charge in [-0.25, -0.2) is 0 Å². The summed E-state index contributed by atoms with van der Waals surface area (Å²) in [4.78, 5) is 4.64. The molecule has 0 aliphatic heterocycles. The Morgan fingerprint density at radius 2 is 2.00 bits per heavy atom. The van der Waals surface area contributed by atoms with Crippen LogP contribution in [0.3, 0.4) is 0 Å². The topological polar surface area (TPSA) is 24.9 Å². The normalized spacial score (nSPS) is 23.1. The molecule has 2 unspecified atom stereocenters. The first-order valence-corrected chi connectivity index (χ1v) is 7.97. The largest absolute Gasteiger partial charge is 0.313 e. The summed E-state index contributed by atoms with van der Waals surface area (Å²) in [5.74, 6) is 0.619. The van der Waals surface area contributed by atoms with Gasteiger partial charge in [0.1, 0.15) is 0 Å². The summed E-state index contributed by atoms with van der Waals surface area (Å²) in [5.41, 5.74) is 2.64. The van der Waals surface area contributed by atoms with Crippen LogP contribution in [0, 0.1) is 0 Å². The fourth-order valence-corrected chi connectivity index (χ4v) is 3.50. The van der Waals surface area contributed by atoms with E-state index in [1.807, 2.05) is 12.3 Å². The highest BCUT2D eigenvalue weighted by atomic mass is 14.9. The van der Waals surface area contributed by atoms with Gasteiger partial charge in [-0.2, -0.15) is 0 Å². The molecule has 1 aliphatic carbocycles. The summed E-state index contributed by atoms with van der Waals surface area (Å²) in [6, 6.07) is 11.5. The molecule has 3 rings (SSSR count). The van der Waals surface area contributed by atoms with Crippen molar-refractivity contribution in [2.75, 3.05) is 6.54 Å². The van der Waals surface area contributed by atoms with E-state index in [2.05, 4.69) is 41.5 Å². The number of rotatable bonds is 4. The smallest absolute Gasteiger partial charge is 0.0737 e. The summed E-state index contributed by atoms with van der Waals surface area (Å²) < 4.78 is 0. The number of benzene rings is 1. The van der Waals surface area contributed by atoms with Gasteiger partial charge in [-0.15, -0.1) is 0 Å². The van der Waals surface area contributed by atoms with Crippen molar-refractivity contribution in [3.8, 4) is 0 Å². The number of aromatic nitrogens is 1. The van der Waals surface area contributed by atoms with Gasteiger partial charge in [-0.1, -0.05) is 44.0 Å². The maximum absolute atomic E-state index is 4.64. The van der Waals surface area contributed by atoms with Crippen LogP contribution in [0.1, 0.15) is 50.5 Å². The van der Waals surface area contributed by atoms with E-state index in [0.717, 1.165) is 6.54 Å². The van der Waals surface area contributed by atoms with Gasteiger partial charge in [-0.3, -0.25) is 4.98 Å². The second-order valence-corrected chi connectivity index (χ2v) is 5.87. The maximum atomic E-state index is 4.64. The van der Waals surface area contributed by atoms with Gasteiger partial charge >= 0.3 is 0 Å². The third-order valence-corrected chi connectivity index (χ3v) is 4.49. The Labute approximate surface area is 121 Å². The van der Waals surface area contributed by atoms with Crippen LogP contribution in [0.15, 0.2) is 36.5 Å². The van der Waals surface area contributed by atoms with Crippen LogP contribution in [-0.2, 0) is 0 Å². The highest BCUT2D eigenvalue weighted by Crippen LogP contribution is 2.35. The molecule has 0 radical (unpaired) electrons. The number of hydrogen-bond donors (Lipinski definition) is 1. The maximum Gasteiger partial charge on any atom is 0.0737 e. The lowest BCUT2D eigenvalue weighted by atomic mass is 9.79. The van der Waals surface area contributed by atoms with Crippen molar-refractivity contribution in [2.45, 2.75) is 51.0 Å². The third-order valence-electron chi connectivity index (χ3n) is 4.49. The molecule has 1 aliphatic rings. The molecule has 0 bridgehead atoms. The number of fused-ring (bicyclic) bond motifs is 1. The lowest BCUT2D eigenvalue weighted by molar-refractivity contribution is 0.329. The van der Waals surface area contributed by atoms with E-state index in [0.29, 0.717) is 12.0 Å². The molecule has 0 spiro atoms. The van der Waals surface area contributed by atoms with E-state index in [1.165, 1.54) is 48.6 Å². The molecule has 1 aromatic carbocycles. The monoisotopic (exact) mass is 268 g/mol. The number of para-hydroxylation sites is 1. The van der Waals surface area contributed by atoms with E-state index in [9.17, 15) is 0 Å². The Morgan fingerprint density at radius 3 is 2.90 bits per heavy atom. The lowest BCUT2D eigenvalue weighted by Gasteiger charge is -2.33. The SMILES string of the molecule is CCCNC1CCCCC1c1cccc2cccnc12. The molecule has 0 amide bonds. The van der Waals surface area contributed by atoms with Gasteiger partial charge in [0, 0.05) is 23.5 Å². The second-order valence-electron chi connectivity index (χ2n) is 5.87. The minimum atomic E-state index is 0.619. The Balaban J connectivity index is 1.95. The number of nitrogens with one attached hydrogen (secondary N) is 1. The van der Waals surface area contributed by atoms with Crippen LogP contribution in [0.2, 0.25) is 0 Å². The standard InChI is InChI=1S/C18H24N2/c1-2-12-19-17-11-4-3-9-15(17)16-10-5-7-14-8-6-13-20-18(14)16/h5-8,10,13,15,17,19H,2-4,9,11-12H2,1H3. The molecule has 2 aromatic rings. The van der Waals surface area contributed by atoms with E-state index >= 15 is 0 Å². The minimum Gasteiger partial charge on any atom is -0.313 e. The summed E-state index contributed by atoms with van der Waals surface area (Å²) in [6.07, 6.45) is 8.42. The average molecular weight is 268 g/mol. The Morgan fingerprint density at radius 1 is 1.15 bits per heavy atom. The zero-order valence-electron chi connectivity index (χ0n) is 12.3. The van der Waals surface area contributed by atoms with Crippen LogP contribution in [0.4, 0.5) is 0 Å². The minimum absolute atomic E-state index is 0.619. The van der Waals surface area contributed by atoms with Gasteiger partial charge in [0.05, 0.1) is 5.52 Å². The van der Waals surface area contributed by atoms with E-state index < -0.39 is 0 Å². The number of hydrogen-bond acceptors (Lipinski definition) is 2. The number of nitrogens with zero attached hydrogens (tertiary/aromatic N) is 1. The van der Waals surface area contributed by atoms with Crippen molar-refractivity contribution in [2.24, 2.45) is 0 Å². The molecule has 106 valence electrons. The third kappa shape index (κ3) is 2.71. The van der Waals surface area contributed by atoms with Crippen molar-refractivity contribution < 1.29 is 0 Å². The number of pyridine rings is 1. The molecule has 20 heavy (non-hydrogen) atoms. The fourth-order valence-electron chi connectivity index (χ4n) is 3.50. The Kier molecular flexibility index (Phi) is 4.31. The van der Waals surface area contributed by atoms with E-state index in [1.54, 1.807) is 0 Å². The molecule has 1 N–H and O–H groups in total. The van der Waals surface area contributed by atoms with Crippen LogP contribution >= 0.6 is 0 Å². The summed E-state index contributed by atoms with van der Waals surface area (Å²) in [5, 5.41) is 5.03. The van der Waals surface area contributed by atoms with E-state index in [-0.39, 0.29) is 0 Å². The van der Waals surface area contributed by atoms with Gasteiger partial charge in [-0.05, 0) is 37.4 Å². The zero-order chi connectivity index (χ0) is 13.8. The van der Waals surface area contributed by atoms with Crippen LogP contribution in [0.5, 0.6) is 0 Å². The molecule has 2 heteroatoms. The molecular weight excluding hydrogens is 244 g/mol. The first kappa shape index (κ1) is 13.6. The van der Waals surface area contributed by atoms with Gasteiger partial charge < -0.3 is 5.32 Å². The second kappa shape index (κ2) is 6.36. The predicted octanol–water partition coefficient (Wildman–Crippen LogP) is 4.26. The Hall–Kier alpha value is -1.41. The molecule has 1 fully saturated rings. The average Bonchev–Trinajstić information content (AvgIpc) is 2.53.